The smallest absolute Gasteiger partial charge is 0.0320 e. The molecule has 0 saturated carbocycles. The summed E-state index contributed by atoms with van der Waals surface area (Å²) in [5.74, 6) is 1.73. The zero-order chi connectivity index (χ0) is 13.0. The zero-order valence-electron chi connectivity index (χ0n) is 11.3. The fraction of sp³-hybridized carbons (Fsp3) is 0.600. The summed E-state index contributed by atoms with van der Waals surface area (Å²) in [6.45, 7) is 4.34. The molecule has 1 heterocycles. The maximum atomic E-state index is 11.4. The van der Waals surface area contributed by atoms with E-state index in [1.807, 2.05) is 0 Å². The summed E-state index contributed by atoms with van der Waals surface area (Å²) in [7, 11) is -0.565. The van der Waals surface area contributed by atoms with Crippen LogP contribution in [0.25, 0.3) is 0 Å². The van der Waals surface area contributed by atoms with Crippen LogP contribution in [-0.2, 0) is 10.8 Å². The van der Waals surface area contributed by atoms with Crippen LogP contribution in [0.15, 0.2) is 24.3 Å². The van der Waals surface area contributed by atoms with Crippen molar-refractivity contribution in [2.45, 2.75) is 45.2 Å². The van der Waals surface area contributed by atoms with Crippen molar-refractivity contribution in [3.63, 3.8) is 0 Å². The van der Waals surface area contributed by atoms with Gasteiger partial charge in [-0.3, -0.25) is 4.21 Å². The van der Waals surface area contributed by atoms with Crippen LogP contribution in [0.4, 0.5) is 0 Å². The first-order chi connectivity index (χ1) is 8.69. The third-order valence-corrected chi connectivity index (χ3v) is 5.09. The molecule has 1 saturated heterocycles. The van der Waals surface area contributed by atoms with Crippen molar-refractivity contribution >= 4 is 10.8 Å². The Kier molecular flexibility index (Phi) is 4.95. The minimum Gasteiger partial charge on any atom is -0.307 e. The molecular weight excluding hydrogens is 242 g/mol. The van der Waals surface area contributed by atoms with E-state index in [0.717, 1.165) is 30.8 Å². The molecule has 1 atom stereocenters. The van der Waals surface area contributed by atoms with E-state index < -0.39 is 10.8 Å². The highest BCUT2D eigenvalue weighted by Crippen LogP contribution is 2.20. The quantitative estimate of drug-likeness (QED) is 0.907. The lowest BCUT2D eigenvalue weighted by molar-refractivity contribution is 0.403. The van der Waals surface area contributed by atoms with Crippen molar-refractivity contribution < 1.29 is 4.21 Å². The molecule has 1 aromatic rings. The molecular formula is C15H23NOS. The second kappa shape index (κ2) is 6.48. The lowest BCUT2D eigenvalue weighted by Gasteiger charge is -2.28. The van der Waals surface area contributed by atoms with Gasteiger partial charge in [0.15, 0.2) is 0 Å². The third-order valence-electron chi connectivity index (χ3n) is 3.71. The first-order valence-corrected chi connectivity index (χ1v) is 8.35. The van der Waals surface area contributed by atoms with Gasteiger partial charge in [-0.25, -0.2) is 0 Å². The average Bonchev–Trinajstić information content (AvgIpc) is 2.39. The summed E-state index contributed by atoms with van der Waals surface area (Å²) in [5, 5.41) is 3.73. The Labute approximate surface area is 113 Å². The number of hydrogen-bond donors (Lipinski definition) is 1. The molecule has 3 heteroatoms. The molecule has 1 N–H and O–H groups in total. The van der Waals surface area contributed by atoms with Crippen molar-refractivity contribution in [2.75, 3.05) is 11.5 Å². The molecule has 0 bridgehead atoms. The Hall–Kier alpha value is -0.670. The Balaban J connectivity index is 1.96. The summed E-state index contributed by atoms with van der Waals surface area (Å²) in [5.41, 5.74) is 2.68. The van der Waals surface area contributed by atoms with Crippen molar-refractivity contribution in [2.24, 2.45) is 0 Å². The van der Waals surface area contributed by atoms with E-state index >= 15 is 0 Å². The molecule has 2 rings (SSSR count). The number of nitrogens with one attached hydrogen (secondary N) is 1. The van der Waals surface area contributed by atoms with Gasteiger partial charge in [-0.2, -0.15) is 0 Å². The monoisotopic (exact) mass is 265 g/mol. The first kappa shape index (κ1) is 13.8. The van der Waals surface area contributed by atoms with Gasteiger partial charge in [0.05, 0.1) is 0 Å². The zero-order valence-corrected chi connectivity index (χ0v) is 12.1. The summed E-state index contributed by atoms with van der Waals surface area (Å²) >= 11 is 0. The molecule has 1 aliphatic rings. The minimum atomic E-state index is -0.565. The Bertz CT molecular complexity index is 391. The van der Waals surface area contributed by atoms with E-state index in [2.05, 4.69) is 43.4 Å². The van der Waals surface area contributed by atoms with Gasteiger partial charge < -0.3 is 5.32 Å². The molecule has 0 amide bonds. The number of rotatable bonds is 4. The highest BCUT2D eigenvalue weighted by Gasteiger charge is 2.20. The first-order valence-electron chi connectivity index (χ1n) is 6.86. The maximum absolute atomic E-state index is 11.4. The van der Waals surface area contributed by atoms with Crippen molar-refractivity contribution in [1.29, 1.82) is 0 Å². The van der Waals surface area contributed by atoms with Gasteiger partial charge >= 0.3 is 0 Å². The van der Waals surface area contributed by atoms with Crippen LogP contribution in [0.3, 0.4) is 0 Å². The summed E-state index contributed by atoms with van der Waals surface area (Å²) in [4.78, 5) is 0. The Morgan fingerprint density at radius 3 is 2.44 bits per heavy atom. The van der Waals surface area contributed by atoms with E-state index in [1.54, 1.807) is 0 Å². The van der Waals surface area contributed by atoms with Crippen molar-refractivity contribution in [3.8, 4) is 0 Å². The van der Waals surface area contributed by atoms with Gasteiger partial charge in [0.1, 0.15) is 0 Å². The average molecular weight is 265 g/mol. The largest absolute Gasteiger partial charge is 0.307 e. The van der Waals surface area contributed by atoms with Gasteiger partial charge in [-0.05, 0) is 31.7 Å². The van der Waals surface area contributed by atoms with E-state index in [1.165, 1.54) is 11.1 Å². The fourth-order valence-corrected chi connectivity index (χ4v) is 3.79. The highest BCUT2D eigenvalue weighted by atomic mass is 32.2. The molecule has 0 aliphatic carbocycles. The van der Waals surface area contributed by atoms with Crippen LogP contribution in [0, 0.1) is 6.92 Å². The number of aryl methyl sites for hydroxylation is 1. The predicted molar refractivity (Wildman–Crippen MR) is 78.2 cm³/mol. The lowest BCUT2D eigenvalue weighted by atomic mass is 10.0. The fourth-order valence-electron chi connectivity index (χ4n) is 2.49. The third kappa shape index (κ3) is 3.66. The molecule has 1 aromatic carbocycles. The highest BCUT2D eigenvalue weighted by molar-refractivity contribution is 7.85. The van der Waals surface area contributed by atoms with Gasteiger partial charge in [-0.1, -0.05) is 36.8 Å². The van der Waals surface area contributed by atoms with Gasteiger partial charge in [-0.15, -0.1) is 0 Å². The predicted octanol–water partition coefficient (Wildman–Crippen LogP) is 2.95. The molecule has 0 aromatic heterocycles. The van der Waals surface area contributed by atoms with Crippen LogP contribution < -0.4 is 5.32 Å². The topological polar surface area (TPSA) is 29.1 Å². The van der Waals surface area contributed by atoms with E-state index in [9.17, 15) is 4.21 Å². The minimum absolute atomic E-state index is 0.433. The van der Waals surface area contributed by atoms with Gasteiger partial charge in [0, 0.05) is 34.4 Å². The molecule has 1 fully saturated rings. The van der Waals surface area contributed by atoms with E-state index in [0.29, 0.717) is 12.1 Å². The second-order valence-electron chi connectivity index (χ2n) is 5.16. The molecule has 2 nitrogen and oxygen atoms in total. The lowest BCUT2D eigenvalue weighted by Crippen LogP contribution is -2.37. The molecule has 18 heavy (non-hydrogen) atoms. The molecule has 1 unspecified atom stereocenters. The van der Waals surface area contributed by atoms with Crippen molar-refractivity contribution in [1.82, 2.24) is 5.32 Å². The van der Waals surface area contributed by atoms with E-state index in [4.69, 9.17) is 0 Å². The van der Waals surface area contributed by atoms with Crippen LogP contribution >= 0.6 is 0 Å². The van der Waals surface area contributed by atoms with Crippen molar-refractivity contribution in [3.05, 3.63) is 35.4 Å². The van der Waals surface area contributed by atoms with Crippen LogP contribution in [-0.4, -0.2) is 21.8 Å². The van der Waals surface area contributed by atoms with Crippen LogP contribution in [0.1, 0.15) is 43.4 Å². The normalized spacial score (nSPS) is 25.9. The Morgan fingerprint density at radius 1 is 1.28 bits per heavy atom. The van der Waals surface area contributed by atoms with Crippen LogP contribution in [0.2, 0.25) is 0 Å². The van der Waals surface area contributed by atoms with E-state index in [-0.39, 0.29) is 0 Å². The second-order valence-corrected chi connectivity index (χ2v) is 6.86. The molecule has 0 radical (unpaired) electrons. The standard InChI is InChI=1S/C15H23NOS/c1-3-15(13-6-4-12(2)5-7-13)16-14-8-10-18(17)11-9-14/h4-7,14-16H,3,8-11H2,1-2H3. The number of hydrogen-bond acceptors (Lipinski definition) is 2. The molecule has 100 valence electrons. The van der Waals surface area contributed by atoms with Gasteiger partial charge in [0.25, 0.3) is 0 Å². The van der Waals surface area contributed by atoms with Gasteiger partial charge in [0.2, 0.25) is 0 Å². The summed E-state index contributed by atoms with van der Waals surface area (Å²) < 4.78 is 11.4. The number of benzene rings is 1. The maximum Gasteiger partial charge on any atom is 0.0320 e. The Morgan fingerprint density at radius 2 is 1.89 bits per heavy atom. The molecule has 1 aliphatic heterocycles. The summed E-state index contributed by atoms with van der Waals surface area (Å²) in [6.07, 6.45) is 3.20. The summed E-state index contributed by atoms with van der Waals surface area (Å²) in [6, 6.07) is 9.76. The van der Waals surface area contributed by atoms with Crippen LogP contribution in [0.5, 0.6) is 0 Å². The SMILES string of the molecule is CCC(NC1CCS(=O)CC1)c1ccc(C)cc1. The molecule has 0 spiro atoms.